The number of nitrogens with zero attached hydrogens (tertiary/aromatic N) is 2. The van der Waals surface area contributed by atoms with Crippen LogP contribution in [0.3, 0.4) is 0 Å². The van der Waals surface area contributed by atoms with Crippen LogP contribution >= 0.6 is 0 Å². The van der Waals surface area contributed by atoms with Crippen molar-refractivity contribution in [2.24, 2.45) is 0 Å². The topological polar surface area (TPSA) is 135 Å². The van der Waals surface area contributed by atoms with Crippen LogP contribution in [0.4, 0.5) is 5.69 Å². The predicted molar refractivity (Wildman–Crippen MR) is 119 cm³/mol. The second-order valence-corrected chi connectivity index (χ2v) is 11.8. The molecule has 166 valence electrons. The Morgan fingerprint density at radius 3 is 2.28 bits per heavy atom. The highest BCUT2D eigenvalue weighted by atomic mass is 32.2. The van der Waals surface area contributed by atoms with Gasteiger partial charge in [-0.05, 0) is 49.2 Å². The molecule has 6 rings (SSSR count). The zero-order valence-corrected chi connectivity index (χ0v) is 18.8. The number of benzene rings is 2. The number of aryl methyl sites for hydroxylation is 1. The summed E-state index contributed by atoms with van der Waals surface area (Å²) < 4.78 is 55.7. The Kier molecular flexibility index (Phi) is 4.79. The van der Waals surface area contributed by atoms with E-state index in [0.717, 1.165) is 12.0 Å². The lowest BCUT2D eigenvalue weighted by Gasteiger charge is -2.47. The van der Waals surface area contributed by atoms with Crippen molar-refractivity contribution in [3.05, 3.63) is 53.7 Å². The molecule has 3 saturated heterocycles. The Labute approximate surface area is 186 Å². The molecule has 0 aliphatic carbocycles. The minimum absolute atomic E-state index is 0.0552. The number of rotatable bonds is 5. The van der Waals surface area contributed by atoms with Gasteiger partial charge in [0.05, 0.1) is 26.6 Å². The highest BCUT2D eigenvalue weighted by Gasteiger charge is 2.41. The fourth-order valence-electron chi connectivity index (χ4n) is 4.41. The number of hydrogen-bond donors (Lipinski definition) is 3. The van der Waals surface area contributed by atoms with Crippen molar-refractivity contribution in [2.75, 3.05) is 17.8 Å². The van der Waals surface area contributed by atoms with Crippen LogP contribution in [-0.4, -0.2) is 51.3 Å². The Hall–Kier alpha value is -2.91. The van der Waals surface area contributed by atoms with E-state index < -0.39 is 20.0 Å². The molecule has 0 radical (unpaired) electrons. The lowest BCUT2D eigenvalue weighted by molar-refractivity contribution is 0.136. The number of aromatic nitrogens is 1. The summed E-state index contributed by atoms with van der Waals surface area (Å²) in [5.74, 6) is 0. The standard InChI is InChI=1S/C21H21N5O4S2/c1-13-2-7-19(21-20(13)14(9-22)10-23-21)25-31(27,28)17-3-5-18(6-4-17)32(29,30)26-11-15-8-16(12-26)24-15/h2-7,10,15-16,23-25H,8,11-12H2,1H3/t15-,16+. The van der Waals surface area contributed by atoms with E-state index in [2.05, 4.69) is 21.1 Å². The fraction of sp³-hybridized carbons (Fsp3) is 0.286. The smallest absolute Gasteiger partial charge is 0.261 e. The van der Waals surface area contributed by atoms with Gasteiger partial charge in [-0.1, -0.05) is 6.07 Å². The first-order chi connectivity index (χ1) is 15.2. The summed E-state index contributed by atoms with van der Waals surface area (Å²) in [7, 11) is -7.65. The predicted octanol–water partition coefficient (Wildman–Crippen LogP) is 1.88. The molecule has 2 atom stereocenters. The molecule has 32 heavy (non-hydrogen) atoms. The quantitative estimate of drug-likeness (QED) is 0.520. The number of hydrogen-bond acceptors (Lipinski definition) is 6. The normalized spacial score (nSPS) is 21.1. The lowest BCUT2D eigenvalue weighted by atomic mass is 9.93. The minimum Gasteiger partial charge on any atom is -0.358 e. The summed E-state index contributed by atoms with van der Waals surface area (Å²) >= 11 is 0. The number of fused-ring (bicyclic) bond motifs is 3. The molecular weight excluding hydrogens is 450 g/mol. The van der Waals surface area contributed by atoms with Gasteiger partial charge in [0, 0.05) is 36.8 Å². The van der Waals surface area contributed by atoms with Crippen LogP contribution in [0.15, 0.2) is 52.4 Å². The van der Waals surface area contributed by atoms with Crippen molar-refractivity contribution in [1.82, 2.24) is 14.6 Å². The Bertz CT molecular complexity index is 1450. The largest absolute Gasteiger partial charge is 0.358 e. The number of piperidine rings is 1. The molecule has 0 amide bonds. The molecule has 0 spiro atoms. The van der Waals surface area contributed by atoms with Gasteiger partial charge >= 0.3 is 0 Å². The Morgan fingerprint density at radius 2 is 1.66 bits per heavy atom. The van der Waals surface area contributed by atoms with E-state index >= 15 is 0 Å². The summed E-state index contributed by atoms with van der Waals surface area (Å²) in [6.45, 7) is 2.69. The van der Waals surface area contributed by atoms with Crippen molar-refractivity contribution in [3.8, 4) is 6.07 Å². The van der Waals surface area contributed by atoms with Crippen molar-refractivity contribution >= 4 is 36.6 Å². The molecule has 1 aromatic heterocycles. The third-order valence-electron chi connectivity index (χ3n) is 6.07. The lowest BCUT2D eigenvalue weighted by Crippen LogP contribution is -2.67. The maximum Gasteiger partial charge on any atom is 0.261 e. The number of H-pyrrole nitrogens is 1. The Morgan fingerprint density at radius 1 is 1.03 bits per heavy atom. The van der Waals surface area contributed by atoms with Gasteiger partial charge in [-0.3, -0.25) is 4.72 Å². The molecule has 11 heteroatoms. The van der Waals surface area contributed by atoms with Crippen molar-refractivity contribution in [3.63, 3.8) is 0 Å². The Balaban J connectivity index is 1.42. The second-order valence-electron chi connectivity index (χ2n) is 8.19. The molecule has 3 aliphatic rings. The third-order valence-corrected chi connectivity index (χ3v) is 9.30. The molecule has 3 fully saturated rings. The van der Waals surface area contributed by atoms with Crippen LogP contribution in [0.5, 0.6) is 0 Å². The molecule has 3 N–H and O–H groups in total. The van der Waals surface area contributed by atoms with Gasteiger partial charge in [-0.25, -0.2) is 16.8 Å². The zero-order chi connectivity index (χ0) is 22.7. The third kappa shape index (κ3) is 3.36. The molecule has 2 aromatic carbocycles. The van der Waals surface area contributed by atoms with Crippen molar-refractivity contribution in [1.29, 1.82) is 5.26 Å². The van der Waals surface area contributed by atoms with Gasteiger partial charge in [0.1, 0.15) is 6.07 Å². The SMILES string of the molecule is Cc1ccc(NS(=O)(=O)c2ccc(S(=O)(=O)N3C[C@H]4C[C@@H](C3)N4)cc2)c2[nH]cc(C#N)c12. The van der Waals surface area contributed by atoms with Gasteiger partial charge in [-0.2, -0.15) is 9.57 Å². The van der Waals surface area contributed by atoms with E-state index in [1.807, 2.05) is 6.92 Å². The fourth-order valence-corrected chi connectivity index (χ4v) is 7.01. The summed E-state index contributed by atoms with van der Waals surface area (Å²) in [5.41, 5.74) is 2.10. The van der Waals surface area contributed by atoms with Gasteiger partial charge in [0.2, 0.25) is 10.0 Å². The van der Waals surface area contributed by atoms with Crippen LogP contribution in [-0.2, 0) is 20.0 Å². The van der Waals surface area contributed by atoms with Crippen LogP contribution in [0, 0.1) is 18.3 Å². The number of piperazine rings is 1. The molecule has 9 nitrogen and oxygen atoms in total. The maximum atomic E-state index is 13.0. The van der Waals surface area contributed by atoms with E-state index in [1.54, 1.807) is 12.1 Å². The van der Waals surface area contributed by atoms with Gasteiger partial charge in [0.15, 0.2) is 0 Å². The average Bonchev–Trinajstić information content (AvgIpc) is 3.21. The van der Waals surface area contributed by atoms with Crippen molar-refractivity contribution in [2.45, 2.75) is 35.2 Å². The van der Waals surface area contributed by atoms with Crippen molar-refractivity contribution < 1.29 is 16.8 Å². The van der Waals surface area contributed by atoms with E-state index in [0.29, 0.717) is 35.2 Å². The number of nitrogens with one attached hydrogen (secondary N) is 3. The van der Waals surface area contributed by atoms with E-state index in [-0.39, 0.29) is 21.9 Å². The van der Waals surface area contributed by atoms with Gasteiger partial charge < -0.3 is 10.3 Å². The molecule has 4 heterocycles. The first-order valence-corrected chi connectivity index (χ1v) is 13.0. The summed E-state index contributed by atoms with van der Waals surface area (Å²) in [6, 6.07) is 11.1. The number of anilines is 1. The van der Waals surface area contributed by atoms with Gasteiger partial charge in [-0.15, -0.1) is 0 Å². The first-order valence-electron chi connectivity index (χ1n) is 10.1. The van der Waals surface area contributed by atoms with Crippen LogP contribution in [0.25, 0.3) is 10.9 Å². The molecule has 2 bridgehead atoms. The van der Waals surface area contributed by atoms with Gasteiger partial charge in [0.25, 0.3) is 10.0 Å². The summed E-state index contributed by atoms with van der Waals surface area (Å²) in [5, 5.41) is 13.2. The van der Waals surface area contributed by atoms with E-state index in [9.17, 15) is 22.1 Å². The van der Waals surface area contributed by atoms with E-state index in [4.69, 9.17) is 0 Å². The van der Waals surface area contributed by atoms with Crippen LogP contribution in [0.1, 0.15) is 17.5 Å². The molecule has 0 unspecified atom stereocenters. The molecule has 3 aliphatic heterocycles. The molecule has 0 saturated carbocycles. The molecule has 3 aromatic rings. The average molecular weight is 472 g/mol. The monoisotopic (exact) mass is 471 g/mol. The van der Waals surface area contributed by atoms with E-state index in [1.165, 1.54) is 34.8 Å². The number of nitriles is 1. The second kappa shape index (κ2) is 7.31. The first kappa shape index (κ1) is 21.0. The number of aromatic amines is 1. The minimum atomic E-state index is -3.98. The summed E-state index contributed by atoms with van der Waals surface area (Å²) in [6.07, 6.45) is 2.52. The van der Waals surface area contributed by atoms with Crippen LogP contribution < -0.4 is 10.0 Å². The molecular formula is C21H21N5O4S2. The zero-order valence-electron chi connectivity index (χ0n) is 17.2. The number of sulfonamides is 2. The maximum absolute atomic E-state index is 13.0. The highest BCUT2D eigenvalue weighted by molar-refractivity contribution is 7.92. The summed E-state index contributed by atoms with van der Waals surface area (Å²) in [4.78, 5) is 2.97. The van der Waals surface area contributed by atoms with Crippen LogP contribution in [0.2, 0.25) is 0 Å². The highest BCUT2D eigenvalue weighted by Crippen LogP contribution is 2.31.